The van der Waals surface area contributed by atoms with E-state index in [9.17, 15) is 0 Å². The maximum absolute atomic E-state index is 6.03. The molecule has 0 aromatic heterocycles. The molecular weight excluding hydrogens is 194 g/mol. The van der Waals surface area contributed by atoms with Crippen LogP contribution in [0.3, 0.4) is 0 Å². The summed E-state index contributed by atoms with van der Waals surface area (Å²) < 4.78 is 0. The van der Waals surface area contributed by atoms with Gasteiger partial charge in [0.15, 0.2) is 0 Å². The van der Waals surface area contributed by atoms with E-state index in [1.54, 1.807) is 0 Å². The van der Waals surface area contributed by atoms with Crippen LogP contribution in [0.4, 0.5) is 0 Å². The minimum absolute atomic E-state index is 0. The number of hydrogen-bond donors (Lipinski definition) is 1. The zero-order chi connectivity index (χ0) is 9.47. The van der Waals surface area contributed by atoms with E-state index in [1.807, 2.05) is 0 Å². The quantitative estimate of drug-likeness (QED) is 0.702. The Hall–Kier alpha value is -0.530. The van der Waals surface area contributed by atoms with Gasteiger partial charge < -0.3 is 5.73 Å². The third-order valence-corrected chi connectivity index (χ3v) is 3.00. The van der Waals surface area contributed by atoms with E-state index in [0.29, 0.717) is 6.04 Å². The molecule has 0 aliphatic heterocycles. The lowest BCUT2D eigenvalue weighted by molar-refractivity contribution is 0.391. The van der Waals surface area contributed by atoms with Gasteiger partial charge in [-0.25, -0.2) is 0 Å². The van der Waals surface area contributed by atoms with Crippen LogP contribution < -0.4 is 5.73 Å². The number of fused-ring (bicyclic) bond motifs is 1. The monoisotopic (exact) mass is 211 g/mol. The highest BCUT2D eigenvalue weighted by atomic mass is 35.5. The van der Waals surface area contributed by atoms with Crippen molar-refractivity contribution in [2.75, 3.05) is 0 Å². The third-order valence-electron chi connectivity index (χ3n) is 3.00. The number of nitrogens with two attached hydrogens (primary N) is 1. The molecule has 1 nitrogen and oxygen atoms in total. The summed E-state index contributed by atoms with van der Waals surface area (Å²) >= 11 is 0. The fraction of sp³-hybridized carbons (Fsp3) is 0.500. The maximum Gasteiger partial charge on any atom is 0.00877 e. The second-order valence-electron chi connectivity index (χ2n) is 4.71. The highest BCUT2D eigenvalue weighted by Crippen LogP contribution is 2.35. The first kappa shape index (κ1) is 11.5. The summed E-state index contributed by atoms with van der Waals surface area (Å²) in [6, 6.07) is 9.01. The normalized spacial score (nSPS) is 23.5. The van der Waals surface area contributed by atoms with Gasteiger partial charge in [0.25, 0.3) is 0 Å². The van der Waals surface area contributed by atoms with Crippen molar-refractivity contribution in [1.29, 1.82) is 0 Å². The second-order valence-corrected chi connectivity index (χ2v) is 4.71. The van der Waals surface area contributed by atoms with Crippen molar-refractivity contribution in [3.05, 3.63) is 35.4 Å². The second kappa shape index (κ2) is 3.92. The van der Waals surface area contributed by atoms with Crippen LogP contribution >= 0.6 is 12.4 Å². The molecule has 0 bridgehead atoms. The van der Waals surface area contributed by atoms with Crippen molar-refractivity contribution >= 4 is 12.4 Å². The average molecular weight is 212 g/mol. The van der Waals surface area contributed by atoms with Gasteiger partial charge in [-0.1, -0.05) is 38.1 Å². The van der Waals surface area contributed by atoms with E-state index in [0.717, 1.165) is 12.8 Å². The molecule has 0 spiro atoms. The van der Waals surface area contributed by atoms with Crippen LogP contribution in [-0.2, 0) is 11.8 Å². The van der Waals surface area contributed by atoms with E-state index in [-0.39, 0.29) is 17.8 Å². The summed E-state index contributed by atoms with van der Waals surface area (Å²) in [5, 5.41) is 0. The first-order valence-corrected chi connectivity index (χ1v) is 4.93. The summed E-state index contributed by atoms with van der Waals surface area (Å²) in [4.78, 5) is 0. The Morgan fingerprint density at radius 2 is 1.93 bits per heavy atom. The van der Waals surface area contributed by atoms with Crippen LogP contribution in [0, 0.1) is 0 Å². The molecule has 0 fully saturated rings. The lowest BCUT2D eigenvalue weighted by atomic mass is 9.71. The van der Waals surface area contributed by atoms with Crippen molar-refractivity contribution in [2.45, 2.75) is 38.1 Å². The molecule has 1 aromatic carbocycles. The average Bonchev–Trinajstić information content (AvgIpc) is 2.02. The fourth-order valence-corrected chi connectivity index (χ4v) is 2.48. The minimum Gasteiger partial charge on any atom is -0.327 e. The van der Waals surface area contributed by atoms with Gasteiger partial charge >= 0.3 is 0 Å². The van der Waals surface area contributed by atoms with E-state index in [1.165, 1.54) is 11.1 Å². The van der Waals surface area contributed by atoms with Crippen LogP contribution in [-0.4, -0.2) is 6.04 Å². The first-order valence-electron chi connectivity index (χ1n) is 4.93. The summed E-state index contributed by atoms with van der Waals surface area (Å²) in [5.41, 5.74) is 9.20. The molecule has 2 N–H and O–H groups in total. The van der Waals surface area contributed by atoms with Gasteiger partial charge in [0.05, 0.1) is 0 Å². The summed E-state index contributed by atoms with van der Waals surface area (Å²) in [6.45, 7) is 4.57. The Morgan fingerprint density at radius 3 is 2.64 bits per heavy atom. The van der Waals surface area contributed by atoms with Crippen molar-refractivity contribution in [3.8, 4) is 0 Å². The predicted octanol–water partition coefficient (Wildman–Crippen LogP) is 2.66. The molecule has 0 heterocycles. The molecule has 78 valence electrons. The largest absolute Gasteiger partial charge is 0.327 e. The molecule has 2 rings (SSSR count). The molecule has 2 heteroatoms. The molecule has 0 amide bonds. The van der Waals surface area contributed by atoms with E-state index >= 15 is 0 Å². The molecule has 0 radical (unpaired) electrons. The number of rotatable bonds is 0. The van der Waals surface area contributed by atoms with Crippen molar-refractivity contribution in [2.24, 2.45) is 5.73 Å². The molecular formula is C12H18ClN. The molecule has 1 aromatic rings. The van der Waals surface area contributed by atoms with E-state index in [4.69, 9.17) is 5.73 Å². The smallest absolute Gasteiger partial charge is 0.00877 e. The molecule has 1 aliphatic carbocycles. The van der Waals surface area contributed by atoms with Gasteiger partial charge in [0.2, 0.25) is 0 Å². The molecule has 0 saturated carbocycles. The summed E-state index contributed by atoms with van der Waals surface area (Å²) in [6.07, 6.45) is 2.14. The molecule has 1 aliphatic rings. The van der Waals surface area contributed by atoms with Crippen LogP contribution in [0.2, 0.25) is 0 Å². The van der Waals surface area contributed by atoms with Crippen molar-refractivity contribution in [1.82, 2.24) is 0 Å². The standard InChI is InChI=1S/C12H17N.ClH/c1-12(2)8-10(13)7-9-5-3-4-6-11(9)12;/h3-6,10H,7-8,13H2,1-2H3;1H. The van der Waals surface area contributed by atoms with Gasteiger partial charge in [0.1, 0.15) is 0 Å². The SMILES string of the molecule is CC1(C)CC(N)Cc2ccccc21.Cl. The van der Waals surface area contributed by atoms with E-state index in [2.05, 4.69) is 38.1 Å². The lowest BCUT2D eigenvalue weighted by Gasteiger charge is -2.35. The van der Waals surface area contributed by atoms with Crippen molar-refractivity contribution in [3.63, 3.8) is 0 Å². The Kier molecular flexibility index (Phi) is 3.23. The van der Waals surface area contributed by atoms with Gasteiger partial charge in [0, 0.05) is 6.04 Å². The maximum atomic E-state index is 6.03. The highest BCUT2D eigenvalue weighted by molar-refractivity contribution is 5.85. The zero-order valence-corrected chi connectivity index (χ0v) is 9.60. The van der Waals surface area contributed by atoms with E-state index < -0.39 is 0 Å². The van der Waals surface area contributed by atoms with Crippen molar-refractivity contribution < 1.29 is 0 Å². The topological polar surface area (TPSA) is 26.0 Å². The summed E-state index contributed by atoms with van der Waals surface area (Å²) in [7, 11) is 0. The molecule has 0 saturated heterocycles. The number of hydrogen-bond acceptors (Lipinski definition) is 1. The van der Waals surface area contributed by atoms with Gasteiger partial charge in [-0.3, -0.25) is 0 Å². The Labute approximate surface area is 92.1 Å². The van der Waals surface area contributed by atoms with Crippen LogP contribution in [0.25, 0.3) is 0 Å². The van der Waals surface area contributed by atoms with Gasteiger partial charge in [-0.05, 0) is 29.4 Å². The summed E-state index contributed by atoms with van der Waals surface area (Å²) in [5.74, 6) is 0. The number of halogens is 1. The Morgan fingerprint density at radius 1 is 1.29 bits per heavy atom. The molecule has 1 unspecified atom stereocenters. The van der Waals surface area contributed by atoms with Crippen LogP contribution in [0.5, 0.6) is 0 Å². The fourth-order valence-electron chi connectivity index (χ4n) is 2.48. The van der Waals surface area contributed by atoms with Crippen LogP contribution in [0.15, 0.2) is 24.3 Å². The minimum atomic E-state index is 0. The Balaban J connectivity index is 0.000000980. The third kappa shape index (κ3) is 1.94. The molecule has 1 atom stereocenters. The van der Waals surface area contributed by atoms with Gasteiger partial charge in [-0.15, -0.1) is 12.4 Å². The van der Waals surface area contributed by atoms with Crippen LogP contribution in [0.1, 0.15) is 31.4 Å². The first-order chi connectivity index (χ1) is 6.09. The predicted molar refractivity (Wildman–Crippen MR) is 63.0 cm³/mol. The Bertz CT molecular complexity index is 320. The number of benzene rings is 1. The zero-order valence-electron chi connectivity index (χ0n) is 8.79. The van der Waals surface area contributed by atoms with Gasteiger partial charge in [-0.2, -0.15) is 0 Å². The molecule has 14 heavy (non-hydrogen) atoms. The highest BCUT2D eigenvalue weighted by Gasteiger charge is 2.30. The lowest BCUT2D eigenvalue weighted by Crippen LogP contribution is -2.37.